The molecule has 0 bridgehead atoms. The summed E-state index contributed by atoms with van der Waals surface area (Å²) >= 11 is 0. The third kappa shape index (κ3) is 4.85. The Morgan fingerprint density at radius 2 is 1.85 bits per heavy atom. The smallest absolute Gasteiger partial charge is 0.255 e. The minimum atomic E-state index is -0.242. The molecular formula is C21H24N2O3. The molecule has 0 aliphatic heterocycles. The van der Waals surface area contributed by atoms with Crippen molar-refractivity contribution < 1.29 is 14.3 Å². The van der Waals surface area contributed by atoms with Gasteiger partial charge in [0.2, 0.25) is 5.91 Å². The highest BCUT2D eigenvalue weighted by molar-refractivity contribution is 6.06. The SMILES string of the molecule is CC(C)COc1ccccc1NC(=O)c1cccc(NC(=O)C2CC2)c1. The van der Waals surface area contributed by atoms with Gasteiger partial charge in [0.25, 0.3) is 5.91 Å². The zero-order valence-electron chi connectivity index (χ0n) is 15.1. The number of nitrogens with one attached hydrogen (secondary N) is 2. The Kier molecular flexibility index (Phi) is 5.56. The molecule has 2 aromatic carbocycles. The molecule has 26 heavy (non-hydrogen) atoms. The van der Waals surface area contributed by atoms with Gasteiger partial charge in [-0.15, -0.1) is 0 Å². The van der Waals surface area contributed by atoms with E-state index in [1.807, 2.05) is 24.3 Å². The highest BCUT2D eigenvalue weighted by Gasteiger charge is 2.29. The number of carbonyl (C=O) groups is 2. The number of benzene rings is 2. The maximum atomic E-state index is 12.6. The van der Waals surface area contributed by atoms with Crippen molar-refractivity contribution in [2.24, 2.45) is 11.8 Å². The van der Waals surface area contributed by atoms with Crippen LogP contribution in [0.2, 0.25) is 0 Å². The number of hydrogen-bond acceptors (Lipinski definition) is 3. The van der Waals surface area contributed by atoms with E-state index in [0.717, 1.165) is 12.8 Å². The normalized spacial score (nSPS) is 13.3. The summed E-state index contributed by atoms with van der Waals surface area (Å²) in [6, 6.07) is 14.3. The van der Waals surface area contributed by atoms with Crippen LogP contribution in [0, 0.1) is 11.8 Å². The monoisotopic (exact) mass is 352 g/mol. The van der Waals surface area contributed by atoms with Gasteiger partial charge in [-0.25, -0.2) is 0 Å². The van der Waals surface area contributed by atoms with Gasteiger partial charge in [-0.3, -0.25) is 9.59 Å². The molecular weight excluding hydrogens is 328 g/mol. The maximum absolute atomic E-state index is 12.6. The van der Waals surface area contributed by atoms with Crippen LogP contribution in [0.5, 0.6) is 5.75 Å². The van der Waals surface area contributed by atoms with Crippen molar-refractivity contribution in [2.75, 3.05) is 17.2 Å². The van der Waals surface area contributed by atoms with Gasteiger partial charge in [0.15, 0.2) is 0 Å². The molecule has 5 heteroatoms. The molecule has 2 aromatic rings. The molecule has 2 amide bonds. The molecule has 3 rings (SSSR count). The van der Waals surface area contributed by atoms with E-state index in [9.17, 15) is 9.59 Å². The average molecular weight is 352 g/mol. The van der Waals surface area contributed by atoms with Crippen LogP contribution in [-0.4, -0.2) is 18.4 Å². The molecule has 0 unspecified atom stereocenters. The van der Waals surface area contributed by atoms with E-state index in [1.54, 1.807) is 24.3 Å². The summed E-state index contributed by atoms with van der Waals surface area (Å²) < 4.78 is 5.77. The third-order valence-electron chi connectivity index (χ3n) is 4.05. The van der Waals surface area contributed by atoms with Crippen LogP contribution in [0.1, 0.15) is 37.0 Å². The van der Waals surface area contributed by atoms with Crippen molar-refractivity contribution in [3.63, 3.8) is 0 Å². The van der Waals surface area contributed by atoms with Gasteiger partial charge in [0, 0.05) is 17.2 Å². The van der Waals surface area contributed by atoms with E-state index in [-0.39, 0.29) is 17.7 Å². The Hall–Kier alpha value is -2.82. The number of ether oxygens (including phenoxy) is 1. The van der Waals surface area contributed by atoms with Gasteiger partial charge < -0.3 is 15.4 Å². The highest BCUT2D eigenvalue weighted by atomic mass is 16.5. The van der Waals surface area contributed by atoms with Crippen molar-refractivity contribution in [3.05, 3.63) is 54.1 Å². The standard InChI is InChI=1S/C21H24N2O3/c1-14(2)13-26-19-9-4-3-8-18(19)23-21(25)16-6-5-7-17(12-16)22-20(24)15-10-11-15/h3-9,12,14-15H,10-11,13H2,1-2H3,(H,22,24)(H,23,25). The second-order valence-electron chi connectivity index (χ2n) is 7.00. The zero-order valence-corrected chi connectivity index (χ0v) is 15.1. The molecule has 1 fully saturated rings. The fourth-order valence-corrected chi connectivity index (χ4v) is 2.47. The van der Waals surface area contributed by atoms with Crippen LogP contribution in [0.25, 0.3) is 0 Å². The molecule has 0 aromatic heterocycles. The summed E-state index contributed by atoms with van der Waals surface area (Å²) in [5.74, 6) is 0.943. The van der Waals surface area contributed by atoms with E-state index >= 15 is 0 Å². The predicted octanol–water partition coefficient (Wildman–Crippen LogP) is 4.32. The molecule has 0 atom stereocenters. The molecule has 1 saturated carbocycles. The molecule has 136 valence electrons. The van der Waals surface area contributed by atoms with Crippen LogP contribution < -0.4 is 15.4 Å². The van der Waals surface area contributed by atoms with Crippen molar-refractivity contribution in [2.45, 2.75) is 26.7 Å². The fourth-order valence-electron chi connectivity index (χ4n) is 2.47. The summed E-state index contributed by atoms with van der Waals surface area (Å²) in [7, 11) is 0. The first kappa shape index (κ1) is 18.0. The first-order valence-electron chi connectivity index (χ1n) is 8.97. The van der Waals surface area contributed by atoms with Gasteiger partial charge >= 0.3 is 0 Å². The number of anilines is 2. The summed E-state index contributed by atoms with van der Waals surface area (Å²) in [4.78, 5) is 24.5. The Morgan fingerprint density at radius 1 is 1.08 bits per heavy atom. The Morgan fingerprint density at radius 3 is 2.58 bits per heavy atom. The van der Waals surface area contributed by atoms with Crippen molar-refractivity contribution in [1.82, 2.24) is 0 Å². The summed E-state index contributed by atoms with van der Waals surface area (Å²) in [6.07, 6.45) is 1.89. The van der Waals surface area contributed by atoms with Gasteiger partial charge in [0.05, 0.1) is 12.3 Å². The predicted molar refractivity (Wildman–Crippen MR) is 103 cm³/mol. The van der Waals surface area contributed by atoms with Crippen LogP contribution >= 0.6 is 0 Å². The highest BCUT2D eigenvalue weighted by Crippen LogP contribution is 2.30. The number of para-hydroxylation sites is 2. The third-order valence-corrected chi connectivity index (χ3v) is 4.05. The van der Waals surface area contributed by atoms with Crippen molar-refractivity contribution in [3.8, 4) is 5.75 Å². The van der Waals surface area contributed by atoms with E-state index in [1.165, 1.54) is 0 Å². The molecule has 0 saturated heterocycles. The van der Waals surface area contributed by atoms with Crippen molar-refractivity contribution in [1.29, 1.82) is 0 Å². The molecule has 0 spiro atoms. The first-order chi connectivity index (χ1) is 12.5. The average Bonchev–Trinajstić information content (AvgIpc) is 3.46. The zero-order chi connectivity index (χ0) is 18.5. The van der Waals surface area contributed by atoms with Gasteiger partial charge in [-0.2, -0.15) is 0 Å². The molecule has 5 nitrogen and oxygen atoms in total. The van der Waals surface area contributed by atoms with Crippen LogP contribution in [-0.2, 0) is 4.79 Å². The molecule has 2 N–H and O–H groups in total. The van der Waals surface area contributed by atoms with Crippen LogP contribution in [0.4, 0.5) is 11.4 Å². The van der Waals surface area contributed by atoms with Crippen LogP contribution in [0.3, 0.4) is 0 Å². The number of hydrogen-bond donors (Lipinski definition) is 2. The van der Waals surface area contributed by atoms with Crippen molar-refractivity contribution >= 4 is 23.2 Å². The van der Waals surface area contributed by atoms with E-state index in [0.29, 0.717) is 35.2 Å². The minimum Gasteiger partial charge on any atom is -0.491 e. The number of carbonyl (C=O) groups excluding carboxylic acids is 2. The topological polar surface area (TPSA) is 67.4 Å². The molecule has 1 aliphatic carbocycles. The lowest BCUT2D eigenvalue weighted by molar-refractivity contribution is -0.117. The molecule has 0 radical (unpaired) electrons. The van der Waals surface area contributed by atoms with E-state index < -0.39 is 0 Å². The molecule has 1 aliphatic rings. The second-order valence-corrected chi connectivity index (χ2v) is 7.00. The quantitative estimate of drug-likeness (QED) is 0.780. The molecule has 0 heterocycles. The number of rotatable bonds is 7. The lowest BCUT2D eigenvalue weighted by Gasteiger charge is -2.14. The number of amides is 2. The second kappa shape index (κ2) is 8.04. The van der Waals surface area contributed by atoms with E-state index in [4.69, 9.17) is 4.74 Å². The summed E-state index contributed by atoms with van der Waals surface area (Å²) in [5.41, 5.74) is 1.75. The van der Waals surface area contributed by atoms with Gasteiger partial charge in [0.1, 0.15) is 5.75 Å². The lowest BCUT2D eigenvalue weighted by Crippen LogP contribution is -2.16. The summed E-state index contributed by atoms with van der Waals surface area (Å²) in [5, 5.41) is 5.75. The maximum Gasteiger partial charge on any atom is 0.255 e. The first-order valence-corrected chi connectivity index (χ1v) is 8.97. The lowest BCUT2D eigenvalue weighted by atomic mass is 10.1. The van der Waals surface area contributed by atoms with E-state index in [2.05, 4.69) is 24.5 Å². The van der Waals surface area contributed by atoms with Gasteiger partial charge in [-0.05, 0) is 49.1 Å². The Balaban J connectivity index is 1.69. The van der Waals surface area contributed by atoms with Crippen LogP contribution in [0.15, 0.2) is 48.5 Å². The minimum absolute atomic E-state index is 0.0231. The summed E-state index contributed by atoms with van der Waals surface area (Å²) in [6.45, 7) is 4.72. The fraction of sp³-hybridized carbons (Fsp3) is 0.333. The Labute approximate surface area is 153 Å². The Bertz CT molecular complexity index is 797. The largest absolute Gasteiger partial charge is 0.491 e. The van der Waals surface area contributed by atoms with Gasteiger partial charge in [-0.1, -0.05) is 32.0 Å².